The maximum absolute atomic E-state index is 12.2. The molecule has 0 radical (unpaired) electrons. The first kappa shape index (κ1) is 20.0. The van der Waals surface area contributed by atoms with E-state index in [9.17, 15) is 13.2 Å². The summed E-state index contributed by atoms with van der Waals surface area (Å²) in [4.78, 5) is 16.5. The minimum atomic E-state index is -3.68. The molecule has 144 valence electrons. The summed E-state index contributed by atoms with van der Waals surface area (Å²) >= 11 is 1.26. The van der Waals surface area contributed by atoms with Gasteiger partial charge in [0.2, 0.25) is 5.91 Å². The van der Waals surface area contributed by atoms with Crippen molar-refractivity contribution in [3.05, 3.63) is 76.0 Å². The van der Waals surface area contributed by atoms with E-state index in [0.717, 1.165) is 33.4 Å². The molecule has 0 fully saturated rings. The Hall–Kier alpha value is -2.77. The standard InChI is InChI=1S/C21H20N2O3S2/c1-15-3-7-17(8-4-15)11-12-28(25,26)14-20(24)23-21-22-19(13-27-21)18-9-5-16(2)6-10-18/h3-13H,14H2,1-2H3,(H,22,23,24)/b12-11-. The van der Waals surface area contributed by atoms with Crippen LogP contribution in [0.25, 0.3) is 17.3 Å². The lowest BCUT2D eigenvalue weighted by Gasteiger charge is -2.01. The molecule has 0 aliphatic rings. The average Bonchev–Trinajstić information content (AvgIpc) is 3.09. The van der Waals surface area contributed by atoms with Crippen molar-refractivity contribution in [3.8, 4) is 11.3 Å². The van der Waals surface area contributed by atoms with Gasteiger partial charge in [0, 0.05) is 16.4 Å². The molecule has 0 aliphatic carbocycles. The molecule has 0 saturated heterocycles. The van der Waals surface area contributed by atoms with Crippen molar-refractivity contribution >= 4 is 38.3 Å². The summed E-state index contributed by atoms with van der Waals surface area (Å²) in [5.74, 6) is -1.24. The van der Waals surface area contributed by atoms with Crippen molar-refractivity contribution in [2.75, 3.05) is 11.1 Å². The lowest BCUT2D eigenvalue weighted by atomic mass is 10.1. The normalized spacial score (nSPS) is 11.6. The smallest absolute Gasteiger partial charge is 0.241 e. The van der Waals surface area contributed by atoms with Gasteiger partial charge in [-0.1, -0.05) is 59.7 Å². The minimum absolute atomic E-state index is 0.373. The first-order chi connectivity index (χ1) is 13.3. The number of nitrogens with one attached hydrogen (secondary N) is 1. The van der Waals surface area contributed by atoms with E-state index in [1.54, 1.807) is 0 Å². The molecular formula is C21H20N2O3S2. The van der Waals surface area contributed by atoms with E-state index in [1.165, 1.54) is 17.4 Å². The summed E-state index contributed by atoms with van der Waals surface area (Å²) in [7, 11) is -3.68. The van der Waals surface area contributed by atoms with Crippen molar-refractivity contribution in [2.45, 2.75) is 13.8 Å². The highest BCUT2D eigenvalue weighted by Crippen LogP contribution is 2.25. The van der Waals surface area contributed by atoms with Crippen LogP contribution in [0.3, 0.4) is 0 Å². The number of aryl methyl sites for hydroxylation is 2. The zero-order valence-corrected chi connectivity index (χ0v) is 17.2. The fourth-order valence-corrected chi connectivity index (χ4v) is 4.07. The second-order valence-electron chi connectivity index (χ2n) is 6.47. The van der Waals surface area contributed by atoms with Gasteiger partial charge in [0.05, 0.1) is 5.69 Å². The molecular weight excluding hydrogens is 392 g/mol. The van der Waals surface area contributed by atoms with Crippen molar-refractivity contribution < 1.29 is 13.2 Å². The molecule has 1 amide bonds. The number of hydrogen-bond donors (Lipinski definition) is 1. The third-order valence-corrected chi connectivity index (χ3v) is 5.95. The summed E-state index contributed by atoms with van der Waals surface area (Å²) < 4.78 is 24.3. The number of sulfone groups is 1. The number of anilines is 1. The Balaban J connectivity index is 1.61. The van der Waals surface area contributed by atoms with Crippen LogP contribution in [-0.2, 0) is 14.6 Å². The van der Waals surface area contributed by atoms with E-state index in [0.29, 0.717) is 5.13 Å². The Kier molecular flexibility index (Phi) is 6.06. The molecule has 0 spiro atoms. The van der Waals surface area contributed by atoms with Gasteiger partial charge in [0.15, 0.2) is 15.0 Å². The molecule has 1 N–H and O–H groups in total. The Labute approximate surface area is 168 Å². The molecule has 3 rings (SSSR count). The lowest BCUT2D eigenvalue weighted by Crippen LogP contribution is -2.21. The highest BCUT2D eigenvalue weighted by molar-refractivity contribution is 7.95. The van der Waals surface area contributed by atoms with Crippen LogP contribution in [0.15, 0.2) is 59.3 Å². The topological polar surface area (TPSA) is 76.1 Å². The minimum Gasteiger partial charge on any atom is -0.301 e. The second kappa shape index (κ2) is 8.50. The first-order valence-corrected chi connectivity index (χ1v) is 11.2. The van der Waals surface area contributed by atoms with E-state index in [2.05, 4.69) is 10.3 Å². The maximum Gasteiger partial charge on any atom is 0.241 e. The van der Waals surface area contributed by atoms with Crippen LogP contribution < -0.4 is 5.32 Å². The molecule has 1 aromatic heterocycles. The van der Waals surface area contributed by atoms with Gasteiger partial charge in [-0.05, 0) is 25.5 Å². The summed E-state index contributed by atoms with van der Waals surface area (Å²) in [5.41, 5.74) is 4.68. The second-order valence-corrected chi connectivity index (χ2v) is 9.22. The summed E-state index contributed by atoms with van der Waals surface area (Å²) in [6.07, 6.45) is 1.49. The van der Waals surface area contributed by atoms with Crippen LogP contribution in [0.5, 0.6) is 0 Å². The molecule has 7 heteroatoms. The summed E-state index contributed by atoms with van der Waals surface area (Å²) in [6.45, 7) is 3.96. The number of carbonyl (C=O) groups excluding carboxylic acids is 1. The first-order valence-electron chi connectivity index (χ1n) is 8.61. The summed E-state index contributed by atoms with van der Waals surface area (Å²) in [6, 6.07) is 15.3. The van der Waals surface area contributed by atoms with E-state index < -0.39 is 21.5 Å². The fraction of sp³-hybridized carbons (Fsp3) is 0.143. The van der Waals surface area contributed by atoms with Crippen LogP contribution in [0, 0.1) is 13.8 Å². The van der Waals surface area contributed by atoms with Gasteiger partial charge in [-0.15, -0.1) is 11.3 Å². The molecule has 0 bridgehead atoms. The number of benzene rings is 2. The Morgan fingerprint density at radius 1 is 1.04 bits per heavy atom. The Morgan fingerprint density at radius 2 is 1.64 bits per heavy atom. The average molecular weight is 413 g/mol. The van der Waals surface area contributed by atoms with E-state index >= 15 is 0 Å². The molecule has 28 heavy (non-hydrogen) atoms. The van der Waals surface area contributed by atoms with Gasteiger partial charge in [0.25, 0.3) is 0 Å². The molecule has 5 nitrogen and oxygen atoms in total. The maximum atomic E-state index is 12.2. The number of hydrogen-bond acceptors (Lipinski definition) is 5. The van der Waals surface area contributed by atoms with Crippen molar-refractivity contribution in [2.24, 2.45) is 0 Å². The Bertz CT molecular complexity index is 1100. The molecule has 0 atom stereocenters. The van der Waals surface area contributed by atoms with Gasteiger partial charge in [-0.25, -0.2) is 13.4 Å². The lowest BCUT2D eigenvalue weighted by molar-refractivity contribution is -0.113. The SMILES string of the molecule is Cc1ccc(/C=C\S(=O)(=O)CC(=O)Nc2nc(-c3ccc(C)cc3)cs2)cc1. The Morgan fingerprint density at radius 3 is 2.29 bits per heavy atom. The van der Waals surface area contributed by atoms with Gasteiger partial charge in [-0.2, -0.15) is 0 Å². The number of nitrogens with zero attached hydrogens (tertiary/aromatic N) is 1. The van der Waals surface area contributed by atoms with E-state index in [1.807, 2.05) is 67.8 Å². The number of thiazole rings is 1. The van der Waals surface area contributed by atoms with E-state index in [-0.39, 0.29) is 0 Å². The van der Waals surface area contributed by atoms with Crippen LogP contribution in [0.1, 0.15) is 16.7 Å². The van der Waals surface area contributed by atoms with Crippen LogP contribution in [0.4, 0.5) is 5.13 Å². The molecule has 0 aliphatic heterocycles. The number of rotatable bonds is 6. The van der Waals surface area contributed by atoms with Gasteiger partial charge < -0.3 is 5.32 Å². The monoisotopic (exact) mass is 412 g/mol. The number of carbonyl (C=O) groups is 1. The highest BCUT2D eigenvalue weighted by atomic mass is 32.2. The van der Waals surface area contributed by atoms with Crippen molar-refractivity contribution in [1.82, 2.24) is 4.98 Å². The predicted octanol–water partition coefficient (Wildman–Crippen LogP) is 4.45. The molecule has 0 unspecified atom stereocenters. The van der Waals surface area contributed by atoms with Crippen molar-refractivity contribution in [3.63, 3.8) is 0 Å². The fourth-order valence-electron chi connectivity index (χ4n) is 2.43. The largest absolute Gasteiger partial charge is 0.301 e. The highest BCUT2D eigenvalue weighted by Gasteiger charge is 2.15. The quantitative estimate of drug-likeness (QED) is 0.649. The zero-order valence-electron chi connectivity index (χ0n) is 15.5. The van der Waals surface area contributed by atoms with Gasteiger partial charge >= 0.3 is 0 Å². The van der Waals surface area contributed by atoms with E-state index in [4.69, 9.17) is 0 Å². The molecule has 2 aromatic carbocycles. The zero-order chi connectivity index (χ0) is 20.1. The van der Waals surface area contributed by atoms with Gasteiger partial charge in [-0.3, -0.25) is 4.79 Å². The third kappa shape index (κ3) is 5.61. The van der Waals surface area contributed by atoms with Crippen LogP contribution in [0.2, 0.25) is 0 Å². The number of amides is 1. The third-order valence-electron chi connectivity index (χ3n) is 3.98. The van der Waals surface area contributed by atoms with Crippen LogP contribution >= 0.6 is 11.3 Å². The predicted molar refractivity (Wildman–Crippen MR) is 115 cm³/mol. The molecule has 3 aromatic rings. The molecule has 0 saturated carbocycles. The van der Waals surface area contributed by atoms with Gasteiger partial charge in [0.1, 0.15) is 5.75 Å². The number of aromatic nitrogens is 1. The summed E-state index contributed by atoms with van der Waals surface area (Å²) in [5, 5.41) is 5.83. The molecule has 1 heterocycles. The van der Waals surface area contributed by atoms with Crippen molar-refractivity contribution in [1.29, 1.82) is 0 Å². The van der Waals surface area contributed by atoms with Crippen LogP contribution in [-0.4, -0.2) is 25.1 Å².